The van der Waals surface area contributed by atoms with Crippen molar-refractivity contribution in [3.05, 3.63) is 95.8 Å². The summed E-state index contributed by atoms with van der Waals surface area (Å²) in [4.78, 5) is 6.66. The number of rotatable bonds is 3. The molecule has 0 aliphatic carbocycles. The van der Waals surface area contributed by atoms with Gasteiger partial charge in [0.15, 0.2) is 11.5 Å². The van der Waals surface area contributed by atoms with Crippen molar-refractivity contribution in [2.75, 3.05) is 0 Å². The number of phenolic OH excluding ortho intramolecular Hbond substituents is 2. The van der Waals surface area contributed by atoms with Crippen LogP contribution in [0.5, 0.6) is 11.5 Å². The number of phenols is 2. The van der Waals surface area contributed by atoms with Crippen LogP contribution in [-0.2, 0) is 0 Å². The fraction of sp³-hybridized carbons (Fsp3) is 0.0435. The average Bonchev–Trinajstić information content (AvgIpc) is 3.31. The molecule has 4 nitrogen and oxygen atoms in total. The van der Waals surface area contributed by atoms with Gasteiger partial charge >= 0.3 is 0 Å². The van der Waals surface area contributed by atoms with E-state index in [1.807, 2.05) is 54.9 Å². The topological polar surface area (TPSA) is 72.0 Å². The lowest BCUT2D eigenvalue weighted by Gasteiger charge is -2.19. The van der Waals surface area contributed by atoms with Gasteiger partial charge in [-0.3, -0.25) is 0 Å². The molecule has 132 valence electrons. The molecule has 0 aliphatic rings. The van der Waals surface area contributed by atoms with Gasteiger partial charge in [0.2, 0.25) is 0 Å². The quantitative estimate of drug-likeness (QED) is 0.335. The van der Waals surface area contributed by atoms with Crippen molar-refractivity contribution in [3.8, 4) is 11.5 Å². The minimum atomic E-state index is -0.232. The number of benzene rings is 3. The van der Waals surface area contributed by atoms with Gasteiger partial charge in [-0.05, 0) is 29.3 Å². The Morgan fingerprint density at radius 1 is 0.593 bits per heavy atom. The zero-order valence-electron chi connectivity index (χ0n) is 14.5. The molecule has 5 aromatic rings. The minimum Gasteiger partial charge on any atom is -0.504 e. The molecule has 0 aliphatic heterocycles. The number of nitrogens with one attached hydrogen (secondary N) is 2. The molecule has 2 heterocycles. The van der Waals surface area contributed by atoms with Gasteiger partial charge in [-0.1, -0.05) is 48.5 Å². The first-order chi connectivity index (χ1) is 13.2. The monoisotopic (exact) mass is 354 g/mol. The molecule has 4 heteroatoms. The summed E-state index contributed by atoms with van der Waals surface area (Å²) in [5.41, 5.74) is 4.85. The Kier molecular flexibility index (Phi) is 3.44. The highest BCUT2D eigenvalue weighted by atomic mass is 16.3. The second-order valence-electron chi connectivity index (χ2n) is 6.73. The van der Waals surface area contributed by atoms with E-state index in [1.54, 1.807) is 6.07 Å². The van der Waals surface area contributed by atoms with Crippen molar-refractivity contribution >= 4 is 21.8 Å². The smallest absolute Gasteiger partial charge is 0.161 e. The minimum absolute atomic E-state index is 0.0851. The third-order valence-electron chi connectivity index (χ3n) is 5.22. The molecule has 0 saturated carbocycles. The number of aromatic nitrogens is 2. The first-order valence-electron chi connectivity index (χ1n) is 8.87. The first kappa shape index (κ1) is 15.6. The largest absolute Gasteiger partial charge is 0.504 e. The maximum atomic E-state index is 10.6. The van der Waals surface area contributed by atoms with Gasteiger partial charge in [0.05, 0.1) is 0 Å². The molecular weight excluding hydrogens is 336 g/mol. The van der Waals surface area contributed by atoms with Crippen molar-refractivity contribution in [2.45, 2.75) is 5.92 Å². The predicted octanol–water partition coefficient (Wildman–Crippen LogP) is 5.24. The van der Waals surface area contributed by atoms with Gasteiger partial charge in [0, 0.05) is 45.7 Å². The van der Waals surface area contributed by atoms with Crippen LogP contribution < -0.4 is 0 Å². The molecule has 0 fully saturated rings. The van der Waals surface area contributed by atoms with Crippen molar-refractivity contribution in [2.24, 2.45) is 0 Å². The second-order valence-corrected chi connectivity index (χ2v) is 6.73. The van der Waals surface area contributed by atoms with Crippen LogP contribution in [0.2, 0.25) is 0 Å². The maximum Gasteiger partial charge on any atom is 0.161 e. The molecule has 4 N–H and O–H groups in total. The molecule has 0 amide bonds. The molecule has 2 aromatic heterocycles. The third-order valence-corrected chi connectivity index (χ3v) is 5.22. The van der Waals surface area contributed by atoms with Gasteiger partial charge in [0.1, 0.15) is 0 Å². The maximum absolute atomic E-state index is 10.6. The zero-order chi connectivity index (χ0) is 18.4. The fourth-order valence-corrected chi connectivity index (χ4v) is 3.95. The predicted molar refractivity (Wildman–Crippen MR) is 107 cm³/mol. The lowest BCUT2D eigenvalue weighted by Crippen LogP contribution is -2.03. The van der Waals surface area contributed by atoms with E-state index in [2.05, 4.69) is 22.1 Å². The number of para-hydroxylation sites is 3. The summed E-state index contributed by atoms with van der Waals surface area (Å²) in [5.74, 6) is -0.431. The zero-order valence-corrected chi connectivity index (χ0v) is 14.5. The van der Waals surface area contributed by atoms with E-state index in [4.69, 9.17) is 0 Å². The van der Waals surface area contributed by atoms with E-state index >= 15 is 0 Å². The van der Waals surface area contributed by atoms with Gasteiger partial charge in [0.25, 0.3) is 0 Å². The van der Waals surface area contributed by atoms with Crippen molar-refractivity contribution in [1.82, 2.24) is 9.97 Å². The van der Waals surface area contributed by atoms with Crippen LogP contribution >= 0.6 is 0 Å². The normalized spacial score (nSPS) is 11.6. The molecule has 0 saturated heterocycles. The molecule has 0 atom stereocenters. The summed E-state index contributed by atoms with van der Waals surface area (Å²) in [5, 5.41) is 22.9. The Morgan fingerprint density at radius 2 is 1.15 bits per heavy atom. The Balaban J connectivity index is 1.84. The van der Waals surface area contributed by atoms with Crippen molar-refractivity contribution in [1.29, 1.82) is 0 Å². The molecule has 5 rings (SSSR count). The van der Waals surface area contributed by atoms with Gasteiger partial charge < -0.3 is 20.2 Å². The van der Waals surface area contributed by atoms with Gasteiger partial charge in [-0.15, -0.1) is 0 Å². The van der Waals surface area contributed by atoms with E-state index in [1.165, 1.54) is 6.07 Å². The summed E-state index contributed by atoms with van der Waals surface area (Å²) < 4.78 is 0. The summed E-state index contributed by atoms with van der Waals surface area (Å²) in [7, 11) is 0. The van der Waals surface area contributed by atoms with Crippen LogP contribution in [0.4, 0.5) is 0 Å². The van der Waals surface area contributed by atoms with Crippen LogP contribution in [0.15, 0.2) is 79.1 Å². The van der Waals surface area contributed by atoms with Crippen LogP contribution in [-0.4, -0.2) is 20.2 Å². The molecule has 3 aromatic carbocycles. The molecule has 27 heavy (non-hydrogen) atoms. The first-order valence-corrected chi connectivity index (χ1v) is 8.87. The SMILES string of the molecule is Oc1cccc(C(c2c[nH]c3ccccc23)c2c[nH]c3ccccc23)c1O. The number of aromatic amines is 2. The van der Waals surface area contributed by atoms with Crippen molar-refractivity contribution < 1.29 is 10.2 Å². The standard InChI is InChI=1S/C23H18N2O2/c26-21-11-5-8-16(23(21)27)22(17-12-24-19-9-3-1-6-14(17)19)18-13-25-20-10-4-2-7-15(18)20/h1-13,22,24-27H. The number of fused-ring (bicyclic) bond motifs is 2. The number of hydrogen-bond donors (Lipinski definition) is 4. The number of aromatic hydroxyl groups is 2. The van der Waals surface area contributed by atoms with Crippen LogP contribution in [0, 0.1) is 0 Å². The van der Waals surface area contributed by atoms with E-state index in [9.17, 15) is 10.2 Å². The summed E-state index contributed by atoms with van der Waals surface area (Å²) >= 11 is 0. The molecule has 0 spiro atoms. The molecule has 0 unspecified atom stereocenters. The highest BCUT2D eigenvalue weighted by Crippen LogP contribution is 2.44. The summed E-state index contributed by atoms with van der Waals surface area (Å²) in [6, 6.07) is 21.4. The van der Waals surface area contributed by atoms with E-state index in [0.29, 0.717) is 5.56 Å². The summed E-state index contributed by atoms with van der Waals surface area (Å²) in [6.45, 7) is 0. The highest BCUT2D eigenvalue weighted by Gasteiger charge is 2.26. The Bertz CT molecular complexity index is 1190. The Morgan fingerprint density at radius 3 is 1.74 bits per heavy atom. The molecule has 0 bridgehead atoms. The molecule has 0 radical (unpaired) electrons. The van der Waals surface area contributed by atoms with Crippen LogP contribution in [0.1, 0.15) is 22.6 Å². The van der Waals surface area contributed by atoms with E-state index < -0.39 is 0 Å². The van der Waals surface area contributed by atoms with Crippen LogP contribution in [0.3, 0.4) is 0 Å². The summed E-state index contributed by atoms with van der Waals surface area (Å²) in [6.07, 6.45) is 3.97. The van der Waals surface area contributed by atoms with E-state index in [0.717, 1.165) is 32.9 Å². The second kappa shape index (κ2) is 5.95. The Hall–Kier alpha value is -3.66. The average molecular weight is 354 g/mol. The highest BCUT2D eigenvalue weighted by molar-refractivity contribution is 5.89. The van der Waals surface area contributed by atoms with Crippen molar-refractivity contribution in [3.63, 3.8) is 0 Å². The van der Waals surface area contributed by atoms with E-state index in [-0.39, 0.29) is 17.4 Å². The van der Waals surface area contributed by atoms with Gasteiger partial charge in [-0.25, -0.2) is 0 Å². The number of hydrogen-bond acceptors (Lipinski definition) is 2. The fourth-order valence-electron chi connectivity index (χ4n) is 3.95. The lowest BCUT2D eigenvalue weighted by molar-refractivity contribution is 0.399. The molecular formula is C23H18N2O2. The number of H-pyrrole nitrogens is 2. The van der Waals surface area contributed by atoms with Gasteiger partial charge in [-0.2, -0.15) is 0 Å². The van der Waals surface area contributed by atoms with Crippen LogP contribution in [0.25, 0.3) is 21.8 Å². The third kappa shape index (κ3) is 2.38. The lowest BCUT2D eigenvalue weighted by atomic mass is 9.84. The Labute approximate surface area is 155 Å².